The number of hydrogen-bond donors (Lipinski definition) is 0. The number of piperidine rings is 2. The molecule has 2 aliphatic heterocycles. The quantitative estimate of drug-likeness (QED) is 0.628. The number of rotatable bonds is 6. The molecule has 1 aromatic carbocycles. The summed E-state index contributed by atoms with van der Waals surface area (Å²) in [5.74, 6) is 1.78. The van der Waals surface area contributed by atoms with Crippen molar-refractivity contribution in [3.05, 3.63) is 52.2 Å². The Morgan fingerprint density at radius 2 is 1.77 bits per heavy atom. The Hall–Kier alpha value is -1.85. The van der Waals surface area contributed by atoms with Gasteiger partial charge in [0.2, 0.25) is 0 Å². The number of benzene rings is 1. The van der Waals surface area contributed by atoms with Crippen LogP contribution in [0.3, 0.4) is 0 Å². The fourth-order valence-corrected chi connectivity index (χ4v) is 5.34. The average Bonchev–Trinajstić information content (AvgIpc) is 3.30. The molecule has 0 N–H and O–H groups in total. The molecule has 1 spiro atoms. The van der Waals surface area contributed by atoms with E-state index in [0.29, 0.717) is 11.3 Å². The minimum Gasteiger partial charge on any atom is -0.493 e. The van der Waals surface area contributed by atoms with Gasteiger partial charge in [-0.3, -0.25) is 9.69 Å². The number of para-hydroxylation sites is 1. The summed E-state index contributed by atoms with van der Waals surface area (Å²) in [6, 6.07) is 10.4. The smallest absolute Gasteiger partial charge is 0.254 e. The van der Waals surface area contributed by atoms with Crippen LogP contribution < -0.4 is 4.74 Å². The first-order valence-corrected chi connectivity index (χ1v) is 12.2. The van der Waals surface area contributed by atoms with Gasteiger partial charge >= 0.3 is 0 Å². The van der Waals surface area contributed by atoms with Crippen LogP contribution in [0.1, 0.15) is 55.5 Å². The number of amides is 1. The van der Waals surface area contributed by atoms with Gasteiger partial charge in [-0.1, -0.05) is 32.0 Å². The second-order valence-corrected chi connectivity index (χ2v) is 10.2. The van der Waals surface area contributed by atoms with Gasteiger partial charge in [-0.05, 0) is 67.6 Å². The van der Waals surface area contributed by atoms with E-state index in [1.807, 2.05) is 16.8 Å². The van der Waals surface area contributed by atoms with Crippen LogP contribution in [0.4, 0.5) is 0 Å². The molecule has 162 valence electrons. The lowest BCUT2D eigenvalue weighted by atomic mass is 9.71. The standard InChI is InChI=1S/C25H34N2O2S/c1-20(2)18-29-23-6-4-3-5-21(23)17-26-12-8-25(9-13-26)10-14-27(15-11-25)24(28)22-7-16-30-19-22/h3-7,16,19-20H,8-15,17-18H2,1-2H3. The van der Waals surface area contributed by atoms with Crippen molar-refractivity contribution in [3.63, 3.8) is 0 Å². The maximum atomic E-state index is 12.6. The fourth-order valence-electron chi connectivity index (χ4n) is 4.71. The van der Waals surface area contributed by atoms with Crippen LogP contribution in [-0.2, 0) is 6.54 Å². The predicted molar refractivity (Wildman–Crippen MR) is 123 cm³/mol. The first-order chi connectivity index (χ1) is 14.5. The molecule has 2 aromatic rings. The molecule has 30 heavy (non-hydrogen) atoms. The monoisotopic (exact) mass is 426 g/mol. The number of carbonyl (C=O) groups excluding carboxylic acids is 1. The van der Waals surface area contributed by atoms with Crippen LogP contribution in [0.25, 0.3) is 0 Å². The van der Waals surface area contributed by atoms with E-state index in [2.05, 4.69) is 47.9 Å². The molecule has 2 saturated heterocycles. The summed E-state index contributed by atoms with van der Waals surface area (Å²) < 4.78 is 6.05. The maximum Gasteiger partial charge on any atom is 0.254 e. The van der Waals surface area contributed by atoms with E-state index in [4.69, 9.17) is 4.74 Å². The highest BCUT2D eigenvalue weighted by Gasteiger charge is 2.38. The van der Waals surface area contributed by atoms with E-state index in [1.165, 1.54) is 18.4 Å². The normalized spacial score (nSPS) is 19.4. The zero-order chi connectivity index (χ0) is 21.0. The Kier molecular flexibility index (Phi) is 6.79. The van der Waals surface area contributed by atoms with Crippen molar-refractivity contribution < 1.29 is 9.53 Å². The van der Waals surface area contributed by atoms with Crippen LogP contribution in [0.2, 0.25) is 0 Å². The van der Waals surface area contributed by atoms with Crippen LogP contribution in [0.5, 0.6) is 5.75 Å². The highest BCUT2D eigenvalue weighted by atomic mass is 32.1. The van der Waals surface area contributed by atoms with Crippen molar-refractivity contribution in [1.82, 2.24) is 9.80 Å². The summed E-state index contributed by atoms with van der Waals surface area (Å²) in [6.07, 6.45) is 4.76. The Balaban J connectivity index is 1.28. The molecule has 0 saturated carbocycles. The zero-order valence-electron chi connectivity index (χ0n) is 18.3. The van der Waals surface area contributed by atoms with E-state index in [9.17, 15) is 4.79 Å². The summed E-state index contributed by atoms with van der Waals surface area (Å²) in [5.41, 5.74) is 2.57. The van der Waals surface area contributed by atoms with Gasteiger partial charge in [-0.15, -0.1) is 0 Å². The summed E-state index contributed by atoms with van der Waals surface area (Å²) >= 11 is 1.60. The topological polar surface area (TPSA) is 32.8 Å². The van der Waals surface area contributed by atoms with Crippen LogP contribution in [0, 0.1) is 11.3 Å². The fraction of sp³-hybridized carbons (Fsp3) is 0.560. The van der Waals surface area contributed by atoms with Crippen LogP contribution >= 0.6 is 11.3 Å². The molecule has 0 radical (unpaired) electrons. The first kappa shape index (κ1) is 21.4. The van der Waals surface area contributed by atoms with Crippen LogP contribution in [0.15, 0.2) is 41.1 Å². The van der Waals surface area contributed by atoms with Crippen LogP contribution in [-0.4, -0.2) is 48.5 Å². The van der Waals surface area contributed by atoms with Gasteiger partial charge in [0.15, 0.2) is 0 Å². The van der Waals surface area contributed by atoms with Gasteiger partial charge in [0, 0.05) is 30.6 Å². The number of ether oxygens (including phenoxy) is 1. The molecule has 0 bridgehead atoms. The molecular weight excluding hydrogens is 392 g/mol. The highest BCUT2D eigenvalue weighted by molar-refractivity contribution is 7.08. The molecule has 3 heterocycles. The maximum absolute atomic E-state index is 12.6. The third kappa shape index (κ3) is 5.06. The summed E-state index contributed by atoms with van der Waals surface area (Å²) in [5, 5.41) is 3.95. The average molecular weight is 427 g/mol. The van der Waals surface area contributed by atoms with Gasteiger partial charge in [-0.25, -0.2) is 0 Å². The van der Waals surface area contributed by atoms with Crippen molar-refractivity contribution in [2.75, 3.05) is 32.8 Å². The first-order valence-electron chi connectivity index (χ1n) is 11.3. The molecule has 0 atom stereocenters. The number of thiophene rings is 1. The molecule has 4 rings (SSSR count). The molecule has 1 aromatic heterocycles. The van der Waals surface area contributed by atoms with Gasteiger partial charge in [0.1, 0.15) is 5.75 Å². The Bertz CT molecular complexity index is 815. The van der Waals surface area contributed by atoms with Gasteiger partial charge < -0.3 is 9.64 Å². The van der Waals surface area contributed by atoms with E-state index in [0.717, 1.165) is 63.5 Å². The van der Waals surface area contributed by atoms with Crippen molar-refractivity contribution in [3.8, 4) is 5.75 Å². The van der Waals surface area contributed by atoms with Crippen molar-refractivity contribution in [2.45, 2.75) is 46.1 Å². The largest absolute Gasteiger partial charge is 0.493 e. The number of likely N-dealkylation sites (tertiary alicyclic amines) is 2. The summed E-state index contributed by atoms with van der Waals surface area (Å²) in [7, 11) is 0. The van der Waals surface area contributed by atoms with Gasteiger partial charge in [0.25, 0.3) is 5.91 Å². The number of nitrogens with zero attached hydrogens (tertiary/aromatic N) is 2. The summed E-state index contributed by atoms with van der Waals surface area (Å²) in [4.78, 5) is 17.3. The lowest BCUT2D eigenvalue weighted by Crippen LogP contribution is -2.48. The molecule has 4 nitrogen and oxygen atoms in total. The van der Waals surface area contributed by atoms with E-state index < -0.39 is 0 Å². The zero-order valence-corrected chi connectivity index (χ0v) is 19.1. The Morgan fingerprint density at radius 1 is 1.07 bits per heavy atom. The molecule has 2 fully saturated rings. The van der Waals surface area contributed by atoms with E-state index in [-0.39, 0.29) is 5.91 Å². The lowest BCUT2D eigenvalue weighted by Gasteiger charge is -2.47. The minimum absolute atomic E-state index is 0.210. The predicted octanol–water partition coefficient (Wildman–Crippen LogP) is 5.30. The molecule has 5 heteroatoms. The minimum atomic E-state index is 0.210. The third-order valence-corrected chi connectivity index (χ3v) is 7.42. The Labute approximate surface area is 184 Å². The Morgan fingerprint density at radius 3 is 2.43 bits per heavy atom. The van der Waals surface area contributed by atoms with Gasteiger partial charge in [-0.2, -0.15) is 11.3 Å². The molecule has 0 unspecified atom stereocenters. The third-order valence-electron chi connectivity index (χ3n) is 6.73. The van der Waals surface area contributed by atoms with Crippen molar-refractivity contribution in [2.24, 2.45) is 11.3 Å². The van der Waals surface area contributed by atoms with E-state index in [1.54, 1.807) is 11.3 Å². The SMILES string of the molecule is CC(C)COc1ccccc1CN1CCC2(CC1)CCN(C(=O)c1ccsc1)CC2. The van der Waals surface area contributed by atoms with Crippen molar-refractivity contribution in [1.29, 1.82) is 0 Å². The molecule has 2 aliphatic rings. The van der Waals surface area contributed by atoms with E-state index >= 15 is 0 Å². The second-order valence-electron chi connectivity index (χ2n) is 9.39. The molecule has 1 amide bonds. The number of carbonyl (C=O) groups is 1. The summed E-state index contributed by atoms with van der Waals surface area (Å²) in [6.45, 7) is 10.2. The molecule has 0 aliphatic carbocycles. The van der Waals surface area contributed by atoms with Crippen molar-refractivity contribution >= 4 is 17.2 Å². The second kappa shape index (κ2) is 9.52. The lowest BCUT2D eigenvalue weighted by molar-refractivity contribution is 0.0283. The van der Waals surface area contributed by atoms with Gasteiger partial charge in [0.05, 0.1) is 12.2 Å². The molecular formula is C25H34N2O2S. The highest BCUT2D eigenvalue weighted by Crippen LogP contribution is 2.42. The number of hydrogen-bond acceptors (Lipinski definition) is 4.